The third-order valence-electron chi connectivity index (χ3n) is 3.67. The van der Waals surface area contributed by atoms with E-state index in [9.17, 15) is 9.90 Å². The topological polar surface area (TPSA) is 71.7 Å². The molecule has 5 heteroatoms. The van der Waals surface area contributed by atoms with Gasteiger partial charge in [0.05, 0.1) is 6.54 Å². The number of carbonyl (C=O) groups excluding carboxylic acids is 1. The van der Waals surface area contributed by atoms with Crippen LogP contribution in [0.1, 0.15) is 44.0 Å². The zero-order valence-electron chi connectivity index (χ0n) is 14.6. The molecule has 1 amide bonds. The Morgan fingerprint density at radius 2 is 1.88 bits per heavy atom. The van der Waals surface area contributed by atoms with Gasteiger partial charge in [0.2, 0.25) is 0 Å². The van der Waals surface area contributed by atoms with E-state index in [0.29, 0.717) is 11.5 Å². The van der Waals surface area contributed by atoms with E-state index in [1.165, 1.54) is 5.56 Å². The minimum Gasteiger partial charge on any atom is -0.484 e. The number of aliphatic hydroxyl groups is 1. The van der Waals surface area contributed by atoms with Crippen LogP contribution < -0.4 is 10.1 Å². The minimum atomic E-state index is -0.867. The van der Waals surface area contributed by atoms with Crippen LogP contribution in [0.15, 0.2) is 40.8 Å². The summed E-state index contributed by atoms with van der Waals surface area (Å²) in [6.07, 6.45) is -0.867. The maximum Gasteiger partial charge on any atom is 0.258 e. The van der Waals surface area contributed by atoms with Crippen LogP contribution in [0.5, 0.6) is 5.75 Å². The summed E-state index contributed by atoms with van der Waals surface area (Å²) >= 11 is 0. The van der Waals surface area contributed by atoms with Crippen LogP contribution in [-0.2, 0) is 10.2 Å². The zero-order valence-corrected chi connectivity index (χ0v) is 14.6. The van der Waals surface area contributed by atoms with E-state index in [0.717, 1.165) is 5.76 Å². The fourth-order valence-electron chi connectivity index (χ4n) is 2.19. The molecule has 24 heavy (non-hydrogen) atoms. The van der Waals surface area contributed by atoms with Gasteiger partial charge in [0.1, 0.15) is 23.4 Å². The molecule has 0 radical (unpaired) electrons. The Hall–Kier alpha value is -2.27. The molecule has 1 aromatic heterocycles. The van der Waals surface area contributed by atoms with Gasteiger partial charge in [-0.15, -0.1) is 0 Å². The van der Waals surface area contributed by atoms with Crippen molar-refractivity contribution >= 4 is 5.91 Å². The lowest BCUT2D eigenvalue weighted by atomic mass is 9.87. The second-order valence-electron chi connectivity index (χ2n) is 6.83. The summed E-state index contributed by atoms with van der Waals surface area (Å²) in [4.78, 5) is 11.8. The van der Waals surface area contributed by atoms with Crippen molar-refractivity contribution in [3.63, 3.8) is 0 Å². The Morgan fingerprint density at radius 3 is 2.42 bits per heavy atom. The summed E-state index contributed by atoms with van der Waals surface area (Å²) in [5.41, 5.74) is 1.28. The van der Waals surface area contributed by atoms with E-state index in [2.05, 4.69) is 26.1 Å². The average Bonchev–Trinajstić information content (AvgIpc) is 2.96. The lowest BCUT2D eigenvalue weighted by molar-refractivity contribution is -0.123. The summed E-state index contributed by atoms with van der Waals surface area (Å²) in [6, 6.07) is 11.2. The van der Waals surface area contributed by atoms with E-state index in [1.807, 2.05) is 24.3 Å². The van der Waals surface area contributed by atoms with Gasteiger partial charge in [0, 0.05) is 0 Å². The first-order valence-electron chi connectivity index (χ1n) is 8.00. The van der Waals surface area contributed by atoms with E-state index in [1.54, 1.807) is 19.1 Å². The largest absolute Gasteiger partial charge is 0.484 e. The maximum atomic E-state index is 11.8. The molecule has 0 bridgehead atoms. The quantitative estimate of drug-likeness (QED) is 0.853. The molecule has 0 aliphatic heterocycles. The molecular formula is C19H25NO4. The molecule has 0 fully saturated rings. The number of furan rings is 1. The number of carbonyl (C=O) groups is 1. The number of amides is 1. The Morgan fingerprint density at radius 1 is 1.21 bits per heavy atom. The van der Waals surface area contributed by atoms with Crippen molar-refractivity contribution < 1.29 is 19.1 Å². The molecule has 2 rings (SSSR count). The summed E-state index contributed by atoms with van der Waals surface area (Å²) in [6.45, 7) is 8.21. The van der Waals surface area contributed by atoms with Crippen molar-refractivity contribution in [1.29, 1.82) is 0 Å². The van der Waals surface area contributed by atoms with E-state index >= 15 is 0 Å². The number of aliphatic hydroxyl groups excluding tert-OH is 1. The van der Waals surface area contributed by atoms with Crippen molar-refractivity contribution in [2.75, 3.05) is 13.2 Å². The first-order chi connectivity index (χ1) is 11.3. The van der Waals surface area contributed by atoms with Crippen LogP contribution in [0, 0.1) is 6.92 Å². The van der Waals surface area contributed by atoms with Gasteiger partial charge >= 0.3 is 0 Å². The minimum absolute atomic E-state index is 0.0796. The zero-order chi connectivity index (χ0) is 17.7. The number of ether oxygens (including phenoxy) is 1. The van der Waals surface area contributed by atoms with Crippen molar-refractivity contribution in [2.45, 2.75) is 39.2 Å². The highest BCUT2D eigenvalue weighted by atomic mass is 16.5. The Bertz CT molecular complexity index is 667. The third kappa shape index (κ3) is 5.13. The van der Waals surface area contributed by atoms with Crippen LogP contribution in [0.4, 0.5) is 0 Å². The van der Waals surface area contributed by atoms with Crippen LogP contribution in [-0.4, -0.2) is 24.2 Å². The molecule has 2 aromatic rings. The molecule has 5 nitrogen and oxygen atoms in total. The van der Waals surface area contributed by atoms with E-state index in [-0.39, 0.29) is 24.5 Å². The predicted molar refractivity (Wildman–Crippen MR) is 92.1 cm³/mol. The first kappa shape index (κ1) is 18.1. The molecule has 0 saturated carbocycles. The monoisotopic (exact) mass is 331 g/mol. The molecular weight excluding hydrogens is 306 g/mol. The number of aryl methyl sites for hydroxylation is 1. The van der Waals surface area contributed by atoms with Gasteiger partial charge in [-0.3, -0.25) is 4.79 Å². The highest BCUT2D eigenvalue weighted by Gasteiger charge is 2.14. The maximum absolute atomic E-state index is 11.8. The summed E-state index contributed by atoms with van der Waals surface area (Å²) < 4.78 is 10.8. The summed E-state index contributed by atoms with van der Waals surface area (Å²) in [7, 11) is 0. The van der Waals surface area contributed by atoms with E-state index < -0.39 is 6.10 Å². The predicted octanol–water partition coefficient (Wildman–Crippen LogP) is 3.11. The number of hydrogen-bond donors (Lipinski definition) is 2. The molecule has 0 saturated heterocycles. The lowest BCUT2D eigenvalue weighted by Gasteiger charge is -2.19. The highest BCUT2D eigenvalue weighted by Crippen LogP contribution is 2.24. The third-order valence-corrected chi connectivity index (χ3v) is 3.67. The SMILES string of the molecule is Cc1ccc(C(O)CNC(=O)COc2ccc(C(C)(C)C)cc2)o1. The number of benzene rings is 1. The lowest BCUT2D eigenvalue weighted by Crippen LogP contribution is -2.32. The molecule has 130 valence electrons. The van der Waals surface area contributed by atoms with Crippen molar-refractivity contribution in [2.24, 2.45) is 0 Å². The van der Waals surface area contributed by atoms with Crippen LogP contribution in [0.25, 0.3) is 0 Å². The molecule has 0 aliphatic carbocycles. The summed E-state index contributed by atoms with van der Waals surface area (Å²) in [5.74, 6) is 1.50. The highest BCUT2D eigenvalue weighted by molar-refractivity contribution is 5.77. The smallest absolute Gasteiger partial charge is 0.258 e. The van der Waals surface area contributed by atoms with Crippen LogP contribution in [0.3, 0.4) is 0 Å². The van der Waals surface area contributed by atoms with E-state index in [4.69, 9.17) is 9.15 Å². The fraction of sp³-hybridized carbons (Fsp3) is 0.421. The number of nitrogens with one attached hydrogen (secondary N) is 1. The van der Waals surface area contributed by atoms with Gasteiger partial charge in [0.15, 0.2) is 6.61 Å². The van der Waals surface area contributed by atoms with Crippen molar-refractivity contribution in [3.05, 3.63) is 53.5 Å². The number of rotatable bonds is 6. The van der Waals surface area contributed by atoms with Gasteiger partial charge in [-0.2, -0.15) is 0 Å². The van der Waals surface area contributed by atoms with Crippen LogP contribution >= 0.6 is 0 Å². The Kier molecular flexibility index (Phi) is 5.67. The number of hydrogen-bond acceptors (Lipinski definition) is 4. The molecule has 1 heterocycles. The summed E-state index contributed by atoms with van der Waals surface area (Å²) in [5, 5.41) is 12.5. The second-order valence-corrected chi connectivity index (χ2v) is 6.83. The van der Waals surface area contributed by atoms with Gasteiger partial charge in [0.25, 0.3) is 5.91 Å². The molecule has 0 aliphatic rings. The second kappa shape index (κ2) is 7.53. The van der Waals surface area contributed by atoms with Gasteiger partial charge < -0.3 is 19.6 Å². The molecule has 0 spiro atoms. The fourth-order valence-corrected chi connectivity index (χ4v) is 2.19. The Labute approximate surface area is 142 Å². The van der Waals surface area contributed by atoms with Crippen molar-refractivity contribution in [1.82, 2.24) is 5.32 Å². The molecule has 2 N–H and O–H groups in total. The molecule has 1 aromatic carbocycles. The van der Waals surface area contributed by atoms with Gasteiger partial charge in [-0.1, -0.05) is 32.9 Å². The normalized spacial score (nSPS) is 12.7. The van der Waals surface area contributed by atoms with Gasteiger partial charge in [-0.25, -0.2) is 0 Å². The Balaban J connectivity index is 1.77. The molecule has 1 atom stereocenters. The van der Waals surface area contributed by atoms with Gasteiger partial charge in [-0.05, 0) is 42.2 Å². The average molecular weight is 331 g/mol. The first-order valence-corrected chi connectivity index (χ1v) is 8.00. The van der Waals surface area contributed by atoms with Crippen LogP contribution in [0.2, 0.25) is 0 Å². The standard InChI is InChI=1S/C19H25NO4/c1-13-5-10-17(24-13)16(21)11-20-18(22)12-23-15-8-6-14(7-9-15)19(2,3)4/h5-10,16,21H,11-12H2,1-4H3,(H,20,22). The molecule has 1 unspecified atom stereocenters. The van der Waals surface area contributed by atoms with Crippen molar-refractivity contribution in [3.8, 4) is 5.75 Å².